The largest absolute Gasteiger partial charge is 0.496 e. The van der Waals surface area contributed by atoms with Crippen LogP contribution >= 0.6 is 0 Å². The minimum absolute atomic E-state index is 0.346. The van der Waals surface area contributed by atoms with Gasteiger partial charge in [-0.25, -0.2) is 0 Å². The number of ether oxygens (including phenoxy) is 1. The number of methoxy groups -OCH3 is 1. The van der Waals surface area contributed by atoms with Gasteiger partial charge >= 0.3 is 0 Å². The molecule has 0 amide bonds. The van der Waals surface area contributed by atoms with Gasteiger partial charge in [0, 0.05) is 42.8 Å². The molecule has 3 aliphatic heterocycles. The zero-order valence-electron chi connectivity index (χ0n) is 19.7. The second-order valence-electron chi connectivity index (χ2n) is 9.35. The van der Waals surface area contributed by atoms with Gasteiger partial charge in [0.05, 0.1) is 7.11 Å². The van der Waals surface area contributed by atoms with Gasteiger partial charge in [-0.3, -0.25) is 4.90 Å². The molecule has 172 valence electrons. The number of hydrogen-bond donors (Lipinski definition) is 2. The highest BCUT2D eigenvalue weighted by Gasteiger charge is 2.46. The van der Waals surface area contributed by atoms with E-state index >= 15 is 0 Å². The van der Waals surface area contributed by atoms with E-state index in [4.69, 9.17) is 4.74 Å². The van der Waals surface area contributed by atoms with Gasteiger partial charge < -0.3 is 15.4 Å². The topological polar surface area (TPSA) is 36.5 Å². The Hall–Kier alpha value is -2.82. The van der Waals surface area contributed by atoms with Crippen LogP contribution in [0, 0.1) is 5.92 Å². The maximum atomic E-state index is 5.68. The molecule has 3 aromatic carbocycles. The summed E-state index contributed by atoms with van der Waals surface area (Å²) in [7, 11) is 3.72. The van der Waals surface area contributed by atoms with Crippen LogP contribution < -0.4 is 15.4 Å². The molecular weight excluding hydrogens is 406 g/mol. The van der Waals surface area contributed by atoms with Crippen molar-refractivity contribution in [2.24, 2.45) is 5.92 Å². The van der Waals surface area contributed by atoms with Crippen molar-refractivity contribution in [2.45, 2.75) is 37.4 Å². The van der Waals surface area contributed by atoms with Crippen molar-refractivity contribution in [3.05, 3.63) is 95.6 Å². The van der Waals surface area contributed by atoms with Crippen LogP contribution in [0.15, 0.2) is 78.9 Å². The Kier molecular flexibility index (Phi) is 6.65. The first-order valence-electron chi connectivity index (χ1n) is 12.2. The van der Waals surface area contributed by atoms with Gasteiger partial charge in [0.1, 0.15) is 5.75 Å². The predicted molar refractivity (Wildman–Crippen MR) is 136 cm³/mol. The number of rotatable bonds is 8. The van der Waals surface area contributed by atoms with Crippen LogP contribution in [-0.4, -0.2) is 44.2 Å². The first-order chi connectivity index (χ1) is 16.3. The molecule has 0 aromatic heterocycles. The molecule has 0 aliphatic carbocycles. The van der Waals surface area contributed by atoms with Gasteiger partial charge in [-0.2, -0.15) is 0 Å². The molecule has 3 aliphatic rings. The van der Waals surface area contributed by atoms with Crippen molar-refractivity contribution in [1.29, 1.82) is 0 Å². The van der Waals surface area contributed by atoms with Gasteiger partial charge in [-0.1, -0.05) is 60.7 Å². The molecule has 6 rings (SSSR count). The van der Waals surface area contributed by atoms with Crippen LogP contribution in [0.3, 0.4) is 0 Å². The summed E-state index contributed by atoms with van der Waals surface area (Å²) in [4.78, 5) is 2.74. The molecule has 0 saturated carbocycles. The maximum absolute atomic E-state index is 5.68. The molecule has 0 spiro atoms. The van der Waals surface area contributed by atoms with Gasteiger partial charge in [0.15, 0.2) is 0 Å². The third kappa shape index (κ3) is 4.50. The van der Waals surface area contributed by atoms with Gasteiger partial charge in [-0.05, 0) is 61.2 Å². The van der Waals surface area contributed by atoms with Crippen molar-refractivity contribution < 1.29 is 4.74 Å². The highest BCUT2D eigenvalue weighted by Crippen LogP contribution is 2.42. The molecule has 3 heterocycles. The second-order valence-corrected chi connectivity index (χ2v) is 9.35. The molecule has 4 nitrogen and oxygen atoms in total. The minimum atomic E-state index is 0.346. The van der Waals surface area contributed by atoms with Gasteiger partial charge in [-0.15, -0.1) is 0 Å². The highest BCUT2D eigenvalue weighted by atomic mass is 16.5. The molecular formula is C29H35N3O. The second kappa shape index (κ2) is 9.98. The third-order valence-electron chi connectivity index (χ3n) is 7.63. The Morgan fingerprint density at radius 2 is 1.55 bits per heavy atom. The molecule has 2 unspecified atom stereocenters. The van der Waals surface area contributed by atoms with Crippen LogP contribution in [0.1, 0.15) is 35.4 Å². The molecule has 2 atom stereocenters. The molecule has 3 saturated heterocycles. The Morgan fingerprint density at radius 1 is 0.909 bits per heavy atom. The number of hydrogen-bond acceptors (Lipinski definition) is 4. The fourth-order valence-corrected chi connectivity index (χ4v) is 6.00. The van der Waals surface area contributed by atoms with Crippen LogP contribution in [0.4, 0.5) is 5.69 Å². The average Bonchev–Trinajstić information content (AvgIpc) is 2.90. The summed E-state index contributed by atoms with van der Waals surface area (Å²) in [6.07, 6.45) is 2.55. The molecule has 2 bridgehead atoms. The van der Waals surface area contributed by atoms with E-state index in [1.165, 1.54) is 42.6 Å². The zero-order chi connectivity index (χ0) is 22.6. The van der Waals surface area contributed by atoms with E-state index in [-0.39, 0.29) is 0 Å². The summed E-state index contributed by atoms with van der Waals surface area (Å²) in [5, 5.41) is 7.28. The standard InChI is InChI=1S/C29H35N3O/c1-30-25-13-14-26(33-2)24(19-25)20-31-28-23-15-17-32(18-16-23)29(28)27(21-9-5-3-6-10-21)22-11-7-4-8-12-22/h3-14,19,23,27-31H,15-18,20H2,1-2H3. The Bertz CT molecular complexity index is 992. The molecule has 0 radical (unpaired) electrons. The lowest BCUT2D eigenvalue weighted by molar-refractivity contribution is 0.00462. The van der Waals surface area contributed by atoms with Crippen molar-refractivity contribution >= 4 is 5.69 Å². The van der Waals surface area contributed by atoms with Crippen molar-refractivity contribution in [2.75, 3.05) is 32.6 Å². The Morgan fingerprint density at radius 3 is 2.12 bits per heavy atom. The first-order valence-corrected chi connectivity index (χ1v) is 12.2. The number of fused-ring (bicyclic) bond motifs is 3. The highest BCUT2D eigenvalue weighted by molar-refractivity contribution is 5.51. The summed E-state index contributed by atoms with van der Waals surface area (Å²) in [5.74, 6) is 1.99. The van der Waals surface area contributed by atoms with Crippen LogP contribution in [0.25, 0.3) is 0 Å². The first kappa shape index (κ1) is 22.0. The molecule has 3 aromatic rings. The van der Waals surface area contributed by atoms with E-state index in [1.54, 1.807) is 7.11 Å². The predicted octanol–water partition coefficient (Wildman–Crippen LogP) is 5.12. The maximum Gasteiger partial charge on any atom is 0.123 e. The SMILES string of the molecule is CNc1ccc(OC)c(CNC2C3CCN(CC3)C2C(c2ccccc2)c2ccccc2)c1. The van der Waals surface area contributed by atoms with Crippen LogP contribution in [0.2, 0.25) is 0 Å². The summed E-state index contributed by atoms with van der Waals surface area (Å²) < 4.78 is 5.68. The molecule has 4 heteroatoms. The third-order valence-corrected chi connectivity index (χ3v) is 7.63. The van der Waals surface area contributed by atoms with E-state index < -0.39 is 0 Å². The van der Waals surface area contributed by atoms with Crippen molar-refractivity contribution in [3.63, 3.8) is 0 Å². The van der Waals surface area contributed by atoms with E-state index in [9.17, 15) is 0 Å². The Labute approximate surface area is 198 Å². The fraction of sp³-hybridized carbons (Fsp3) is 0.379. The van der Waals surface area contributed by atoms with Crippen molar-refractivity contribution in [3.8, 4) is 5.75 Å². The smallest absolute Gasteiger partial charge is 0.123 e. The monoisotopic (exact) mass is 441 g/mol. The number of piperidine rings is 3. The fourth-order valence-electron chi connectivity index (χ4n) is 6.00. The van der Waals surface area contributed by atoms with E-state index in [1.807, 2.05) is 7.05 Å². The van der Waals surface area contributed by atoms with Crippen LogP contribution in [-0.2, 0) is 6.54 Å². The number of nitrogens with zero attached hydrogens (tertiary/aromatic N) is 1. The van der Waals surface area contributed by atoms with Gasteiger partial charge in [0.25, 0.3) is 0 Å². The van der Waals surface area contributed by atoms with E-state index in [0.717, 1.165) is 18.0 Å². The van der Waals surface area contributed by atoms with Crippen molar-refractivity contribution in [1.82, 2.24) is 10.2 Å². The quantitative estimate of drug-likeness (QED) is 0.509. The molecule has 33 heavy (non-hydrogen) atoms. The van der Waals surface area contributed by atoms with Crippen LogP contribution in [0.5, 0.6) is 5.75 Å². The number of benzene rings is 3. The normalized spacial score (nSPS) is 24.1. The lowest BCUT2D eigenvalue weighted by atomic mass is 9.70. The lowest BCUT2D eigenvalue weighted by Crippen LogP contribution is -2.64. The van der Waals surface area contributed by atoms with Gasteiger partial charge in [0.2, 0.25) is 0 Å². The van der Waals surface area contributed by atoms with E-state index in [2.05, 4.69) is 94.4 Å². The lowest BCUT2D eigenvalue weighted by Gasteiger charge is -2.54. The summed E-state index contributed by atoms with van der Waals surface area (Å²) in [6.45, 7) is 3.20. The number of anilines is 1. The average molecular weight is 442 g/mol. The number of nitrogens with one attached hydrogen (secondary N) is 2. The minimum Gasteiger partial charge on any atom is -0.496 e. The summed E-state index contributed by atoms with van der Waals surface area (Å²) >= 11 is 0. The molecule has 3 fully saturated rings. The summed E-state index contributed by atoms with van der Waals surface area (Å²) in [5.41, 5.74) is 5.13. The zero-order valence-corrected chi connectivity index (χ0v) is 19.7. The summed E-state index contributed by atoms with van der Waals surface area (Å²) in [6, 6.07) is 29.4. The Balaban J connectivity index is 1.48. The molecule has 2 N–H and O–H groups in total. The van der Waals surface area contributed by atoms with E-state index in [0.29, 0.717) is 23.9 Å².